The number of H-pyrrole nitrogens is 2. The third-order valence-corrected chi connectivity index (χ3v) is 3.96. The number of imidazole rings is 1. The third-order valence-electron chi connectivity index (χ3n) is 3.96. The summed E-state index contributed by atoms with van der Waals surface area (Å²) in [6, 6.07) is 20.1. The van der Waals surface area contributed by atoms with Crippen LogP contribution in [-0.4, -0.2) is 35.1 Å². The van der Waals surface area contributed by atoms with Gasteiger partial charge in [0.05, 0.1) is 29.8 Å². The molecule has 7 nitrogen and oxygen atoms in total. The Bertz CT molecular complexity index is 1100. The van der Waals surface area contributed by atoms with Crippen molar-refractivity contribution in [2.24, 2.45) is 0 Å². The summed E-state index contributed by atoms with van der Waals surface area (Å²) < 4.78 is 0. The molecule has 0 amide bonds. The number of hydrogen-bond acceptors (Lipinski definition) is 5. The van der Waals surface area contributed by atoms with E-state index in [1.807, 2.05) is 60.9 Å². The van der Waals surface area contributed by atoms with Gasteiger partial charge in [-0.3, -0.25) is 10.1 Å². The number of benzene rings is 2. The molecule has 2 N–H and O–H groups in total. The largest absolute Gasteiger partial charge is 0.342 e. The molecule has 0 spiro atoms. The normalized spacial score (nSPS) is 10.1. The molecule has 0 atom stereocenters. The maximum Gasteiger partial charge on any atom is 0.180 e. The van der Waals surface area contributed by atoms with E-state index < -0.39 is 0 Å². The maximum atomic E-state index is 4.18. The maximum absolute atomic E-state index is 4.18. The molecule has 4 heterocycles. The highest BCUT2D eigenvalue weighted by atomic mass is 15.1. The fraction of sp³-hybridized carbons (Fsp3) is 0. The predicted octanol–water partition coefficient (Wildman–Crippen LogP) is 4.15. The molecule has 0 aliphatic carbocycles. The molecule has 6 rings (SSSR count). The highest BCUT2D eigenvalue weighted by Gasteiger charge is 1.91. The number of aromatic amines is 2. The van der Waals surface area contributed by atoms with Crippen molar-refractivity contribution in [1.82, 2.24) is 35.1 Å². The third kappa shape index (κ3) is 4.16. The molecule has 7 heteroatoms. The van der Waals surface area contributed by atoms with Gasteiger partial charge in [0.25, 0.3) is 0 Å². The zero-order valence-electron chi connectivity index (χ0n) is 14.9. The lowest BCUT2D eigenvalue weighted by Gasteiger charge is -1.91. The van der Waals surface area contributed by atoms with Crippen LogP contribution in [0.3, 0.4) is 0 Å². The monoisotopic (exact) mass is 367 g/mol. The van der Waals surface area contributed by atoms with Crippen LogP contribution in [0, 0.1) is 0 Å². The van der Waals surface area contributed by atoms with Crippen molar-refractivity contribution < 1.29 is 0 Å². The molecule has 0 aliphatic heterocycles. The first kappa shape index (κ1) is 17.3. The summed E-state index contributed by atoms with van der Waals surface area (Å²) in [4.78, 5) is 18.7. The van der Waals surface area contributed by atoms with Crippen LogP contribution in [0.1, 0.15) is 0 Å². The Hall–Kier alpha value is -4.13. The summed E-state index contributed by atoms with van der Waals surface area (Å²) in [5, 5.41) is 9.11. The van der Waals surface area contributed by atoms with Gasteiger partial charge < -0.3 is 4.98 Å². The topological polar surface area (TPSA) is 96.0 Å². The predicted molar refractivity (Wildman–Crippen MR) is 110 cm³/mol. The van der Waals surface area contributed by atoms with Crippen molar-refractivity contribution in [3.63, 3.8) is 0 Å². The second kappa shape index (κ2) is 8.50. The summed E-state index contributed by atoms with van der Waals surface area (Å²) in [5.74, 6) is 0. The molecule has 0 aliphatic rings. The van der Waals surface area contributed by atoms with Crippen molar-refractivity contribution in [2.45, 2.75) is 0 Å². The van der Waals surface area contributed by atoms with Crippen LogP contribution in [0.4, 0.5) is 0 Å². The Labute approximate surface area is 160 Å². The number of hydrogen-bond donors (Lipinski definition) is 2. The van der Waals surface area contributed by atoms with Crippen LogP contribution in [0.25, 0.3) is 33.0 Å². The van der Waals surface area contributed by atoms with Gasteiger partial charge in [-0.15, -0.1) is 0 Å². The molecule has 6 aromatic rings. The van der Waals surface area contributed by atoms with E-state index in [0.717, 1.165) is 21.9 Å². The van der Waals surface area contributed by atoms with Gasteiger partial charge in [-0.25, -0.2) is 15.0 Å². The molecular formula is C21H17N7. The molecule has 2 aromatic carbocycles. The first-order chi connectivity index (χ1) is 13.9. The lowest BCUT2D eigenvalue weighted by Crippen LogP contribution is -1.76. The Morgan fingerprint density at radius 2 is 1.50 bits per heavy atom. The first-order valence-electron chi connectivity index (χ1n) is 8.67. The summed E-state index contributed by atoms with van der Waals surface area (Å²) in [6.07, 6.45) is 8.38. The van der Waals surface area contributed by atoms with Gasteiger partial charge >= 0.3 is 0 Å². The molecule has 0 unspecified atom stereocenters. The zero-order chi connectivity index (χ0) is 19.0. The van der Waals surface area contributed by atoms with Gasteiger partial charge in [0.1, 0.15) is 11.8 Å². The molecule has 28 heavy (non-hydrogen) atoms. The minimum atomic E-state index is 0.713. The summed E-state index contributed by atoms with van der Waals surface area (Å²) >= 11 is 0. The van der Waals surface area contributed by atoms with E-state index in [9.17, 15) is 0 Å². The second-order valence-electron chi connectivity index (χ2n) is 5.82. The van der Waals surface area contributed by atoms with Gasteiger partial charge in [0, 0.05) is 17.0 Å². The Morgan fingerprint density at radius 1 is 0.679 bits per heavy atom. The molecule has 0 saturated carbocycles. The van der Waals surface area contributed by atoms with E-state index in [2.05, 4.69) is 47.2 Å². The average Bonchev–Trinajstić information content (AvgIpc) is 3.44. The molecule has 0 bridgehead atoms. The fourth-order valence-corrected chi connectivity index (χ4v) is 2.59. The second-order valence-corrected chi connectivity index (χ2v) is 5.82. The zero-order valence-corrected chi connectivity index (χ0v) is 14.9. The van der Waals surface area contributed by atoms with E-state index in [-0.39, 0.29) is 0 Å². The number of aromatic nitrogens is 7. The van der Waals surface area contributed by atoms with Crippen LogP contribution < -0.4 is 0 Å². The fourth-order valence-electron chi connectivity index (χ4n) is 2.59. The standard InChI is InChI=1S/C9H7N.C7H6N2.C5H4N4/c1-2-6-9-8(4-1)5-3-7-10-9;1-2-4-7-6(3-1)5-8-9-7;1-4-5(8-2-6-1)9-3-7-4/h1-7H;1-5H,(H,8,9);1-3H,(H,6,7,8,9). The van der Waals surface area contributed by atoms with E-state index in [1.165, 1.54) is 11.7 Å². The van der Waals surface area contributed by atoms with Crippen molar-refractivity contribution in [2.75, 3.05) is 0 Å². The molecule has 0 fully saturated rings. The Kier molecular flexibility index (Phi) is 5.25. The lowest BCUT2D eigenvalue weighted by molar-refractivity contribution is 1.12. The number of nitrogens with zero attached hydrogens (tertiary/aromatic N) is 5. The number of fused-ring (bicyclic) bond motifs is 3. The van der Waals surface area contributed by atoms with Gasteiger partial charge in [0.15, 0.2) is 5.65 Å². The Morgan fingerprint density at radius 3 is 2.36 bits per heavy atom. The number of rotatable bonds is 0. The minimum absolute atomic E-state index is 0.713. The van der Waals surface area contributed by atoms with E-state index in [0.29, 0.717) is 5.65 Å². The van der Waals surface area contributed by atoms with E-state index in [4.69, 9.17) is 0 Å². The van der Waals surface area contributed by atoms with Crippen LogP contribution in [0.15, 0.2) is 91.9 Å². The van der Waals surface area contributed by atoms with Crippen molar-refractivity contribution in [3.05, 3.63) is 91.9 Å². The van der Waals surface area contributed by atoms with Gasteiger partial charge in [-0.2, -0.15) is 5.10 Å². The SMILES string of the molecule is c1ccc2[nH]ncc2c1.c1ccc2ncccc2c1.c1ncc2[nH]cnc2n1. The van der Waals surface area contributed by atoms with E-state index >= 15 is 0 Å². The van der Waals surface area contributed by atoms with Crippen molar-refractivity contribution in [1.29, 1.82) is 0 Å². The molecule has 0 saturated heterocycles. The highest BCUT2D eigenvalue weighted by molar-refractivity contribution is 5.78. The average molecular weight is 367 g/mol. The van der Waals surface area contributed by atoms with Crippen LogP contribution >= 0.6 is 0 Å². The molecule has 0 radical (unpaired) electrons. The van der Waals surface area contributed by atoms with Crippen molar-refractivity contribution in [3.8, 4) is 0 Å². The van der Waals surface area contributed by atoms with Crippen molar-refractivity contribution >= 4 is 33.0 Å². The van der Waals surface area contributed by atoms with Crippen LogP contribution in [0.5, 0.6) is 0 Å². The van der Waals surface area contributed by atoms with Crippen LogP contribution in [0.2, 0.25) is 0 Å². The summed E-state index contributed by atoms with van der Waals surface area (Å²) in [7, 11) is 0. The van der Waals surface area contributed by atoms with Gasteiger partial charge in [-0.05, 0) is 18.2 Å². The number of para-hydroxylation sites is 2. The first-order valence-corrected chi connectivity index (χ1v) is 8.67. The lowest BCUT2D eigenvalue weighted by atomic mass is 10.2. The summed E-state index contributed by atoms with van der Waals surface area (Å²) in [6.45, 7) is 0. The van der Waals surface area contributed by atoms with Crippen LogP contribution in [-0.2, 0) is 0 Å². The van der Waals surface area contributed by atoms with Gasteiger partial charge in [0.2, 0.25) is 0 Å². The van der Waals surface area contributed by atoms with E-state index in [1.54, 1.807) is 12.5 Å². The number of nitrogens with one attached hydrogen (secondary N) is 2. The molecule has 136 valence electrons. The smallest absolute Gasteiger partial charge is 0.180 e. The summed E-state index contributed by atoms with van der Waals surface area (Å²) in [5.41, 5.74) is 3.74. The van der Waals surface area contributed by atoms with Gasteiger partial charge in [-0.1, -0.05) is 42.5 Å². The quantitative estimate of drug-likeness (QED) is 0.420. The number of pyridine rings is 1. The minimum Gasteiger partial charge on any atom is -0.342 e. The molecule has 4 aromatic heterocycles. The highest BCUT2D eigenvalue weighted by Crippen LogP contribution is 2.08. The Balaban J connectivity index is 0.000000103. The molecular weight excluding hydrogens is 350 g/mol.